The molecule has 1 saturated heterocycles. The van der Waals surface area contributed by atoms with Crippen LogP contribution in [-0.4, -0.2) is 40.2 Å². The standard InChI is InChI=1S/C22H22N4O2/c27-22(28)19-12-16(9-8-15-5-2-1-3-6-15)11-18-20(19)24-14-25-21(18)26-17-7-4-10-23-13-17/h1-3,5-6,8-9,11-12,14,17,23H,4,7,10,13H2,(H,27,28)(H,24,25,26)/b9-8+/t17-/m0/s1. The van der Waals surface area contributed by atoms with Crippen molar-refractivity contribution < 1.29 is 9.90 Å². The molecule has 1 aliphatic heterocycles. The average molecular weight is 374 g/mol. The zero-order valence-electron chi connectivity index (χ0n) is 15.4. The first kappa shape index (κ1) is 18.1. The fourth-order valence-electron chi connectivity index (χ4n) is 3.49. The number of hydrogen-bond donors (Lipinski definition) is 3. The molecule has 2 heterocycles. The predicted molar refractivity (Wildman–Crippen MR) is 111 cm³/mol. The van der Waals surface area contributed by atoms with Crippen LogP contribution in [0.1, 0.15) is 34.3 Å². The molecule has 4 rings (SSSR count). The SMILES string of the molecule is O=C(O)c1cc(/C=C/c2ccccc2)cc2c(N[C@H]3CCCNC3)ncnc12. The molecule has 1 aromatic heterocycles. The van der Waals surface area contributed by atoms with Crippen molar-refractivity contribution in [1.29, 1.82) is 0 Å². The van der Waals surface area contributed by atoms with Crippen molar-refractivity contribution in [1.82, 2.24) is 15.3 Å². The first-order valence-corrected chi connectivity index (χ1v) is 9.43. The summed E-state index contributed by atoms with van der Waals surface area (Å²) in [5.74, 6) is -0.319. The van der Waals surface area contributed by atoms with E-state index in [1.54, 1.807) is 6.07 Å². The molecule has 0 spiro atoms. The summed E-state index contributed by atoms with van der Waals surface area (Å²) in [6.45, 7) is 1.89. The monoisotopic (exact) mass is 374 g/mol. The van der Waals surface area contributed by atoms with Gasteiger partial charge >= 0.3 is 5.97 Å². The van der Waals surface area contributed by atoms with E-state index >= 15 is 0 Å². The number of fused-ring (bicyclic) bond motifs is 1. The van der Waals surface area contributed by atoms with Gasteiger partial charge in [-0.1, -0.05) is 42.5 Å². The van der Waals surface area contributed by atoms with E-state index in [0.29, 0.717) is 11.3 Å². The number of carbonyl (C=O) groups is 1. The first-order chi connectivity index (χ1) is 13.7. The fraction of sp³-hybridized carbons (Fsp3) is 0.227. The van der Waals surface area contributed by atoms with Crippen LogP contribution in [0.2, 0.25) is 0 Å². The lowest BCUT2D eigenvalue weighted by Crippen LogP contribution is -2.38. The predicted octanol–water partition coefficient (Wildman–Crippen LogP) is 3.66. The normalized spacial score (nSPS) is 17.1. The van der Waals surface area contributed by atoms with E-state index in [0.717, 1.165) is 42.4 Å². The van der Waals surface area contributed by atoms with Crippen LogP contribution in [-0.2, 0) is 0 Å². The maximum Gasteiger partial charge on any atom is 0.337 e. The van der Waals surface area contributed by atoms with Crippen molar-refractivity contribution in [2.45, 2.75) is 18.9 Å². The van der Waals surface area contributed by atoms with E-state index in [4.69, 9.17) is 0 Å². The van der Waals surface area contributed by atoms with Crippen molar-refractivity contribution in [2.24, 2.45) is 0 Å². The lowest BCUT2D eigenvalue weighted by molar-refractivity contribution is 0.0699. The van der Waals surface area contributed by atoms with Gasteiger partial charge in [0.1, 0.15) is 12.1 Å². The molecule has 0 radical (unpaired) electrons. The number of piperidine rings is 1. The van der Waals surface area contributed by atoms with Crippen LogP contribution in [0.25, 0.3) is 23.1 Å². The van der Waals surface area contributed by atoms with E-state index in [9.17, 15) is 9.90 Å². The molecule has 142 valence electrons. The van der Waals surface area contributed by atoms with Crippen LogP contribution in [0.3, 0.4) is 0 Å². The summed E-state index contributed by atoms with van der Waals surface area (Å²) in [6, 6.07) is 13.8. The molecule has 6 nitrogen and oxygen atoms in total. The quantitative estimate of drug-likeness (QED) is 0.591. The minimum atomic E-state index is -0.996. The van der Waals surface area contributed by atoms with Crippen molar-refractivity contribution in [3.8, 4) is 0 Å². The zero-order valence-corrected chi connectivity index (χ0v) is 15.4. The lowest BCUT2D eigenvalue weighted by atomic mass is 10.0. The number of rotatable bonds is 5. The molecule has 0 saturated carbocycles. The highest BCUT2D eigenvalue weighted by atomic mass is 16.4. The largest absolute Gasteiger partial charge is 0.478 e. The summed E-state index contributed by atoms with van der Waals surface area (Å²) in [4.78, 5) is 20.5. The highest BCUT2D eigenvalue weighted by Gasteiger charge is 2.18. The third-order valence-electron chi connectivity index (χ3n) is 4.90. The van der Waals surface area contributed by atoms with Crippen LogP contribution >= 0.6 is 0 Å². The molecule has 0 bridgehead atoms. The molecular weight excluding hydrogens is 352 g/mol. The molecule has 0 aliphatic carbocycles. The number of carboxylic acid groups (broad SMARTS) is 1. The second-order valence-electron chi connectivity index (χ2n) is 6.92. The van der Waals surface area contributed by atoms with Gasteiger partial charge in [-0.05, 0) is 42.6 Å². The number of carboxylic acids is 1. The summed E-state index contributed by atoms with van der Waals surface area (Å²) in [6.07, 6.45) is 7.46. The van der Waals surface area contributed by atoms with Crippen LogP contribution in [0.4, 0.5) is 5.82 Å². The van der Waals surface area contributed by atoms with Gasteiger partial charge in [0.25, 0.3) is 0 Å². The van der Waals surface area contributed by atoms with Crippen LogP contribution in [0, 0.1) is 0 Å². The number of anilines is 1. The second-order valence-corrected chi connectivity index (χ2v) is 6.92. The van der Waals surface area contributed by atoms with Gasteiger partial charge in [-0.3, -0.25) is 0 Å². The Morgan fingerprint density at radius 3 is 2.71 bits per heavy atom. The fourth-order valence-corrected chi connectivity index (χ4v) is 3.49. The van der Waals surface area contributed by atoms with Gasteiger partial charge in [-0.2, -0.15) is 0 Å². The Balaban J connectivity index is 1.75. The average Bonchev–Trinajstić information content (AvgIpc) is 2.73. The summed E-state index contributed by atoms with van der Waals surface area (Å²) >= 11 is 0. The van der Waals surface area contributed by atoms with Gasteiger partial charge in [0.2, 0.25) is 0 Å². The Bertz CT molecular complexity index is 1010. The Morgan fingerprint density at radius 2 is 1.96 bits per heavy atom. The Kier molecular flexibility index (Phi) is 5.30. The van der Waals surface area contributed by atoms with E-state index < -0.39 is 5.97 Å². The van der Waals surface area contributed by atoms with Gasteiger partial charge in [-0.15, -0.1) is 0 Å². The number of aromatic nitrogens is 2. The number of hydrogen-bond acceptors (Lipinski definition) is 5. The highest BCUT2D eigenvalue weighted by Crippen LogP contribution is 2.27. The number of nitrogens with one attached hydrogen (secondary N) is 2. The van der Waals surface area contributed by atoms with E-state index in [-0.39, 0.29) is 11.6 Å². The number of benzene rings is 2. The van der Waals surface area contributed by atoms with Gasteiger partial charge in [-0.25, -0.2) is 14.8 Å². The van der Waals surface area contributed by atoms with E-state index in [1.165, 1.54) is 6.33 Å². The molecule has 28 heavy (non-hydrogen) atoms. The summed E-state index contributed by atoms with van der Waals surface area (Å²) in [5.41, 5.74) is 2.48. The highest BCUT2D eigenvalue weighted by molar-refractivity contribution is 6.06. The maximum absolute atomic E-state index is 11.8. The Morgan fingerprint density at radius 1 is 1.14 bits per heavy atom. The third kappa shape index (κ3) is 4.02. The maximum atomic E-state index is 11.8. The van der Waals surface area contributed by atoms with Crippen molar-refractivity contribution >= 4 is 34.8 Å². The Labute approximate surface area is 163 Å². The van der Waals surface area contributed by atoms with Crippen LogP contribution < -0.4 is 10.6 Å². The minimum Gasteiger partial charge on any atom is -0.478 e. The van der Waals surface area contributed by atoms with Crippen LogP contribution in [0.5, 0.6) is 0 Å². The topological polar surface area (TPSA) is 87.1 Å². The van der Waals surface area contributed by atoms with Crippen molar-refractivity contribution in [3.05, 3.63) is 65.5 Å². The second kappa shape index (κ2) is 8.19. The molecule has 6 heteroatoms. The smallest absolute Gasteiger partial charge is 0.337 e. The Hall–Kier alpha value is -3.25. The van der Waals surface area contributed by atoms with Crippen molar-refractivity contribution in [3.63, 3.8) is 0 Å². The van der Waals surface area contributed by atoms with Crippen LogP contribution in [0.15, 0.2) is 48.8 Å². The first-order valence-electron chi connectivity index (χ1n) is 9.43. The summed E-state index contributed by atoms with van der Waals surface area (Å²) in [5, 5.41) is 17.2. The molecular formula is C22H22N4O2. The molecule has 2 aromatic carbocycles. The molecule has 0 amide bonds. The van der Waals surface area contributed by atoms with E-state index in [1.807, 2.05) is 48.6 Å². The molecule has 3 aromatic rings. The number of aromatic carboxylic acids is 1. The molecule has 1 fully saturated rings. The molecule has 0 unspecified atom stereocenters. The van der Waals surface area contributed by atoms with Gasteiger partial charge in [0.05, 0.1) is 11.1 Å². The number of nitrogens with zero attached hydrogens (tertiary/aromatic N) is 2. The molecule has 1 atom stereocenters. The zero-order chi connectivity index (χ0) is 19.3. The lowest BCUT2D eigenvalue weighted by Gasteiger charge is -2.24. The van der Waals surface area contributed by atoms with Gasteiger partial charge in [0, 0.05) is 18.0 Å². The third-order valence-corrected chi connectivity index (χ3v) is 4.90. The van der Waals surface area contributed by atoms with Gasteiger partial charge < -0.3 is 15.7 Å². The molecule has 3 N–H and O–H groups in total. The molecule has 1 aliphatic rings. The van der Waals surface area contributed by atoms with E-state index in [2.05, 4.69) is 20.6 Å². The summed E-state index contributed by atoms with van der Waals surface area (Å²) in [7, 11) is 0. The summed E-state index contributed by atoms with van der Waals surface area (Å²) < 4.78 is 0. The minimum absolute atomic E-state index is 0.178. The van der Waals surface area contributed by atoms with Gasteiger partial charge in [0.15, 0.2) is 0 Å². The van der Waals surface area contributed by atoms with Crippen molar-refractivity contribution in [2.75, 3.05) is 18.4 Å².